The van der Waals surface area contributed by atoms with Crippen molar-refractivity contribution in [3.05, 3.63) is 30.3 Å². The summed E-state index contributed by atoms with van der Waals surface area (Å²) in [5, 5.41) is 0. The molecule has 0 N–H and O–H groups in total. The number of para-hydroxylation sites is 1. The first-order chi connectivity index (χ1) is 8.29. The molecule has 0 radical (unpaired) electrons. The predicted molar refractivity (Wildman–Crippen MR) is 78.3 cm³/mol. The van der Waals surface area contributed by atoms with Crippen molar-refractivity contribution in [2.24, 2.45) is 0 Å². The van der Waals surface area contributed by atoms with Gasteiger partial charge in [-0.1, -0.05) is 38.0 Å². The van der Waals surface area contributed by atoms with Gasteiger partial charge in [-0.15, -0.1) is 0 Å². The molecular formula is C16H28N+. The Kier molecular flexibility index (Phi) is 6.28. The normalized spacial score (nSPS) is 11.7. The molecule has 0 unspecified atom stereocenters. The molecule has 0 atom stereocenters. The van der Waals surface area contributed by atoms with Crippen molar-refractivity contribution >= 4 is 5.69 Å². The lowest BCUT2D eigenvalue weighted by Crippen LogP contribution is -2.49. The first-order valence-electron chi connectivity index (χ1n) is 7.20. The SMILES string of the molecule is CCCCCC[N+](CC)(CC)c1ccccc1. The van der Waals surface area contributed by atoms with Gasteiger partial charge in [0.05, 0.1) is 19.6 Å². The molecule has 0 amide bonds. The monoisotopic (exact) mass is 234 g/mol. The molecule has 0 fully saturated rings. The third-order valence-electron chi connectivity index (χ3n) is 3.95. The van der Waals surface area contributed by atoms with Crippen molar-refractivity contribution in [3.63, 3.8) is 0 Å². The number of rotatable bonds is 8. The van der Waals surface area contributed by atoms with Gasteiger partial charge in [0.1, 0.15) is 5.69 Å². The summed E-state index contributed by atoms with van der Waals surface area (Å²) in [6, 6.07) is 11.0. The highest BCUT2D eigenvalue weighted by Crippen LogP contribution is 2.23. The van der Waals surface area contributed by atoms with E-state index in [9.17, 15) is 0 Å². The molecule has 1 rings (SSSR count). The minimum atomic E-state index is 1.14. The second kappa shape index (κ2) is 7.50. The maximum Gasteiger partial charge on any atom is 0.132 e. The molecule has 1 heteroatoms. The molecule has 0 aliphatic heterocycles. The molecule has 17 heavy (non-hydrogen) atoms. The van der Waals surface area contributed by atoms with E-state index < -0.39 is 0 Å². The lowest BCUT2D eigenvalue weighted by molar-refractivity contribution is 0.292. The zero-order valence-electron chi connectivity index (χ0n) is 11.8. The van der Waals surface area contributed by atoms with Crippen molar-refractivity contribution in [3.8, 4) is 0 Å². The number of hydrogen-bond donors (Lipinski definition) is 0. The second-order valence-corrected chi connectivity index (χ2v) is 4.90. The van der Waals surface area contributed by atoms with E-state index in [0.717, 1.165) is 4.48 Å². The second-order valence-electron chi connectivity index (χ2n) is 4.90. The van der Waals surface area contributed by atoms with E-state index in [0.29, 0.717) is 0 Å². The van der Waals surface area contributed by atoms with Crippen LogP contribution in [0.25, 0.3) is 0 Å². The summed E-state index contributed by atoms with van der Waals surface area (Å²) >= 11 is 0. The van der Waals surface area contributed by atoms with Crippen molar-refractivity contribution < 1.29 is 0 Å². The van der Waals surface area contributed by atoms with Crippen LogP contribution >= 0.6 is 0 Å². The fourth-order valence-electron chi connectivity index (χ4n) is 2.62. The fraction of sp³-hybridized carbons (Fsp3) is 0.625. The van der Waals surface area contributed by atoms with Gasteiger partial charge in [-0.3, -0.25) is 4.48 Å². The van der Waals surface area contributed by atoms with E-state index in [2.05, 4.69) is 51.1 Å². The Hall–Kier alpha value is -0.820. The molecule has 1 nitrogen and oxygen atoms in total. The van der Waals surface area contributed by atoms with E-state index in [4.69, 9.17) is 0 Å². The van der Waals surface area contributed by atoms with Crippen LogP contribution in [-0.4, -0.2) is 19.6 Å². The van der Waals surface area contributed by atoms with Gasteiger partial charge in [0, 0.05) is 0 Å². The number of unbranched alkanes of at least 4 members (excludes halogenated alkanes) is 3. The van der Waals surface area contributed by atoms with Crippen LogP contribution in [0.4, 0.5) is 5.69 Å². The Morgan fingerprint density at radius 2 is 1.47 bits per heavy atom. The molecular weight excluding hydrogens is 206 g/mol. The number of hydrogen-bond acceptors (Lipinski definition) is 0. The molecule has 0 spiro atoms. The lowest BCUT2D eigenvalue weighted by Gasteiger charge is -2.36. The Bertz CT molecular complexity index is 288. The summed E-state index contributed by atoms with van der Waals surface area (Å²) in [6.45, 7) is 10.6. The van der Waals surface area contributed by atoms with Crippen LogP contribution < -0.4 is 4.48 Å². The Labute approximate surface area is 107 Å². The minimum absolute atomic E-state index is 1.14. The van der Waals surface area contributed by atoms with Gasteiger partial charge < -0.3 is 0 Å². The van der Waals surface area contributed by atoms with E-state index >= 15 is 0 Å². The van der Waals surface area contributed by atoms with E-state index in [1.54, 1.807) is 0 Å². The molecule has 0 aliphatic carbocycles. The van der Waals surface area contributed by atoms with Gasteiger partial charge in [-0.25, -0.2) is 0 Å². The Morgan fingerprint density at radius 3 is 2.00 bits per heavy atom. The zero-order valence-corrected chi connectivity index (χ0v) is 11.8. The Morgan fingerprint density at radius 1 is 0.824 bits per heavy atom. The van der Waals surface area contributed by atoms with Gasteiger partial charge in [0.15, 0.2) is 0 Å². The summed E-state index contributed by atoms with van der Waals surface area (Å²) in [7, 11) is 0. The van der Waals surface area contributed by atoms with Crippen LogP contribution in [0, 0.1) is 0 Å². The average molecular weight is 234 g/mol. The molecule has 1 aromatic carbocycles. The van der Waals surface area contributed by atoms with Gasteiger partial charge in [-0.2, -0.15) is 0 Å². The summed E-state index contributed by atoms with van der Waals surface area (Å²) in [4.78, 5) is 0. The third-order valence-corrected chi connectivity index (χ3v) is 3.95. The summed E-state index contributed by atoms with van der Waals surface area (Å²) in [5.74, 6) is 0. The minimum Gasteiger partial charge on any atom is -0.292 e. The highest BCUT2D eigenvalue weighted by Gasteiger charge is 2.25. The average Bonchev–Trinajstić information content (AvgIpc) is 2.41. The van der Waals surface area contributed by atoms with E-state index in [1.807, 2.05) is 0 Å². The van der Waals surface area contributed by atoms with Gasteiger partial charge in [0.2, 0.25) is 0 Å². The van der Waals surface area contributed by atoms with Crippen LogP contribution in [0.1, 0.15) is 46.5 Å². The van der Waals surface area contributed by atoms with E-state index in [-0.39, 0.29) is 0 Å². The summed E-state index contributed by atoms with van der Waals surface area (Å²) in [6.07, 6.45) is 5.43. The molecule has 96 valence electrons. The van der Waals surface area contributed by atoms with Gasteiger partial charge >= 0.3 is 0 Å². The molecule has 0 aliphatic rings. The lowest BCUT2D eigenvalue weighted by atomic mass is 10.1. The van der Waals surface area contributed by atoms with Crippen LogP contribution in [-0.2, 0) is 0 Å². The zero-order chi connectivity index (χ0) is 12.6. The van der Waals surface area contributed by atoms with Crippen LogP contribution in [0.5, 0.6) is 0 Å². The number of quaternary nitrogens is 1. The first kappa shape index (κ1) is 14.2. The molecule has 0 heterocycles. The summed E-state index contributed by atoms with van der Waals surface area (Å²) in [5.41, 5.74) is 1.48. The van der Waals surface area contributed by atoms with Crippen molar-refractivity contribution in [1.82, 2.24) is 4.48 Å². The summed E-state index contributed by atoms with van der Waals surface area (Å²) < 4.78 is 1.14. The van der Waals surface area contributed by atoms with E-state index in [1.165, 1.54) is 51.0 Å². The quantitative estimate of drug-likeness (QED) is 0.455. The topological polar surface area (TPSA) is 0 Å². The molecule has 0 aromatic heterocycles. The van der Waals surface area contributed by atoms with Crippen molar-refractivity contribution in [2.45, 2.75) is 46.5 Å². The maximum absolute atomic E-state index is 2.32. The van der Waals surface area contributed by atoms with Gasteiger partial charge in [0.25, 0.3) is 0 Å². The highest BCUT2D eigenvalue weighted by molar-refractivity contribution is 5.42. The smallest absolute Gasteiger partial charge is 0.132 e. The number of benzene rings is 1. The van der Waals surface area contributed by atoms with Crippen LogP contribution in [0.3, 0.4) is 0 Å². The van der Waals surface area contributed by atoms with Crippen molar-refractivity contribution in [2.75, 3.05) is 19.6 Å². The van der Waals surface area contributed by atoms with Crippen LogP contribution in [0.2, 0.25) is 0 Å². The first-order valence-corrected chi connectivity index (χ1v) is 7.20. The molecule has 1 aromatic rings. The predicted octanol–water partition coefficient (Wildman–Crippen LogP) is 4.61. The standard InChI is InChI=1S/C16H28N/c1-4-7-8-12-15-17(5-2,6-3)16-13-10-9-11-14-16/h9-11,13-14H,4-8,12,15H2,1-3H3/q+1. The third kappa shape index (κ3) is 3.85. The highest BCUT2D eigenvalue weighted by atomic mass is 15.3. The molecule has 0 saturated carbocycles. The Balaban J connectivity index is 2.68. The maximum atomic E-state index is 2.32. The molecule has 0 bridgehead atoms. The van der Waals surface area contributed by atoms with Crippen molar-refractivity contribution in [1.29, 1.82) is 0 Å². The number of nitrogens with zero attached hydrogens (tertiary/aromatic N) is 1. The van der Waals surface area contributed by atoms with Crippen LogP contribution in [0.15, 0.2) is 30.3 Å². The fourth-order valence-corrected chi connectivity index (χ4v) is 2.62. The largest absolute Gasteiger partial charge is 0.292 e. The van der Waals surface area contributed by atoms with Gasteiger partial charge in [-0.05, 0) is 38.8 Å². The molecule has 0 saturated heterocycles.